The minimum Gasteiger partial charge on any atom is -0.490 e. The molecule has 0 aliphatic carbocycles. The van der Waals surface area contributed by atoms with Crippen LogP contribution in [0.5, 0.6) is 17.2 Å². The van der Waals surface area contributed by atoms with Crippen molar-refractivity contribution in [3.8, 4) is 17.2 Å². The summed E-state index contributed by atoms with van der Waals surface area (Å²) >= 11 is 6.29. The number of ether oxygens (including phenoxy) is 3. The topological polar surface area (TPSA) is 53.7 Å². The quantitative estimate of drug-likeness (QED) is 0.723. The van der Waals surface area contributed by atoms with Crippen LogP contribution in [0, 0.1) is 13.8 Å². The van der Waals surface area contributed by atoms with Gasteiger partial charge in [-0.1, -0.05) is 17.7 Å². The van der Waals surface area contributed by atoms with Gasteiger partial charge in [-0.25, -0.2) is 0 Å². The molecule has 2 aromatic carbocycles. The summed E-state index contributed by atoms with van der Waals surface area (Å²) in [5, 5.41) is 0.493. The molecule has 130 valence electrons. The van der Waals surface area contributed by atoms with Crippen molar-refractivity contribution in [2.75, 3.05) is 19.8 Å². The predicted molar refractivity (Wildman–Crippen MR) is 97.4 cm³/mol. The smallest absolute Gasteiger partial charge is 0.179 e. The van der Waals surface area contributed by atoms with Gasteiger partial charge in [-0.15, -0.1) is 0 Å². The zero-order chi connectivity index (χ0) is 17.5. The van der Waals surface area contributed by atoms with E-state index in [1.54, 1.807) is 6.07 Å². The van der Waals surface area contributed by atoms with Gasteiger partial charge in [0.15, 0.2) is 11.5 Å². The average Bonchev–Trinajstić information content (AvgIpc) is 2.52. The Morgan fingerprint density at radius 3 is 2.21 bits per heavy atom. The van der Waals surface area contributed by atoms with Crippen molar-refractivity contribution < 1.29 is 14.2 Å². The molecule has 0 bridgehead atoms. The van der Waals surface area contributed by atoms with E-state index in [9.17, 15) is 0 Å². The predicted octanol–water partition coefficient (Wildman–Crippen LogP) is 4.27. The van der Waals surface area contributed by atoms with Gasteiger partial charge in [0.25, 0.3) is 0 Å². The summed E-state index contributed by atoms with van der Waals surface area (Å²) in [5.74, 6) is 1.97. The van der Waals surface area contributed by atoms with Crippen LogP contribution in [0.4, 0.5) is 0 Å². The first-order valence-electron chi connectivity index (χ1n) is 8.02. The molecule has 0 unspecified atom stereocenters. The van der Waals surface area contributed by atoms with Gasteiger partial charge >= 0.3 is 0 Å². The fraction of sp³-hybridized carbons (Fsp3) is 0.368. The third-order valence-corrected chi connectivity index (χ3v) is 3.68. The molecule has 0 amide bonds. The number of hydrogen-bond acceptors (Lipinski definition) is 4. The zero-order valence-electron chi connectivity index (χ0n) is 14.4. The second kappa shape index (κ2) is 8.81. The summed E-state index contributed by atoms with van der Waals surface area (Å²) in [6, 6.07) is 9.76. The van der Waals surface area contributed by atoms with Crippen molar-refractivity contribution in [2.45, 2.75) is 27.3 Å². The average molecular weight is 350 g/mol. The van der Waals surface area contributed by atoms with Gasteiger partial charge in [0.05, 0.1) is 11.6 Å². The molecule has 5 heteroatoms. The van der Waals surface area contributed by atoms with Crippen molar-refractivity contribution in [1.82, 2.24) is 0 Å². The number of nitrogens with two attached hydrogens (primary N) is 1. The van der Waals surface area contributed by atoms with Crippen molar-refractivity contribution in [3.63, 3.8) is 0 Å². The van der Waals surface area contributed by atoms with E-state index in [1.165, 1.54) is 11.1 Å². The maximum absolute atomic E-state index is 6.29. The van der Waals surface area contributed by atoms with Gasteiger partial charge in [0.2, 0.25) is 0 Å². The molecule has 2 rings (SSSR count). The molecule has 0 atom stereocenters. The highest BCUT2D eigenvalue weighted by Crippen LogP contribution is 2.36. The van der Waals surface area contributed by atoms with Crippen LogP contribution in [0.2, 0.25) is 5.02 Å². The maximum atomic E-state index is 6.29. The number of hydrogen-bond donors (Lipinski definition) is 1. The van der Waals surface area contributed by atoms with Gasteiger partial charge < -0.3 is 19.9 Å². The van der Waals surface area contributed by atoms with Gasteiger partial charge in [0.1, 0.15) is 19.0 Å². The van der Waals surface area contributed by atoms with Gasteiger partial charge in [-0.3, -0.25) is 0 Å². The first kappa shape index (κ1) is 18.4. The second-order valence-electron chi connectivity index (χ2n) is 5.56. The van der Waals surface area contributed by atoms with Crippen molar-refractivity contribution >= 4 is 11.6 Å². The van der Waals surface area contributed by atoms with Crippen molar-refractivity contribution in [1.29, 1.82) is 0 Å². The van der Waals surface area contributed by atoms with Crippen molar-refractivity contribution in [3.05, 3.63) is 52.0 Å². The molecule has 0 fully saturated rings. The van der Waals surface area contributed by atoms with E-state index in [2.05, 4.69) is 6.07 Å². The number of benzene rings is 2. The first-order chi connectivity index (χ1) is 11.5. The third kappa shape index (κ3) is 5.05. The summed E-state index contributed by atoms with van der Waals surface area (Å²) in [6.45, 7) is 7.72. The Morgan fingerprint density at radius 1 is 0.917 bits per heavy atom. The Hall–Kier alpha value is -1.91. The molecule has 0 radical (unpaired) electrons. The molecule has 0 heterocycles. The monoisotopic (exact) mass is 349 g/mol. The largest absolute Gasteiger partial charge is 0.490 e. The molecule has 4 nitrogen and oxygen atoms in total. The minimum atomic E-state index is 0.370. The highest BCUT2D eigenvalue weighted by atomic mass is 35.5. The van der Waals surface area contributed by atoms with E-state index in [-0.39, 0.29) is 0 Å². The Balaban J connectivity index is 1.98. The Morgan fingerprint density at radius 2 is 1.58 bits per heavy atom. The summed E-state index contributed by atoms with van der Waals surface area (Å²) in [6.07, 6.45) is 0. The molecule has 2 aromatic rings. The standard InChI is InChI=1S/C19H24ClNO3/c1-4-22-18-11-15(12-21)10-17(20)19(18)24-6-5-23-16-8-13(2)7-14(3)9-16/h7-11H,4-6,12,21H2,1-3H3. The highest BCUT2D eigenvalue weighted by molar-refractivity contribution is 6.32. The third-order valence-electron chi connectivity index (χ3n) is 3.40. The van der Waals surface area contributed by atoms with Crippen molar-refractivity contribution in [2.24, 2.45) is 5.73 Å². The van der Waals surface area contributed by atoms with E-state index < -0.39 is 0 Å². The van der Waals surface area contributed by atoms with Crippen LogP contribution in [0.25, 0.3) is 0 Å². The van der Waals surface area contributed by atoms with Gasteiger partial charge in [0, 0.05) is 6.54 Å². The molecule has 0 aliphatic rings. The molecule has 24 heavy (non-hydrogen) atoms. The van der Waals surface area contributed by atoms with Gasteiger partial charge in [-0.2, -0.15) is 0 Å². The highest BCUT2D eigenvalue weighted by Gasteiger charge is 2.12. The lowest BCUT2D eigenvalue weighted by molar-refractivity contribution is 0.208. The molecule has 0 saturated heterocycles. The molecule has 0 aliphatic heterocycles. The number of rotatable bonds is 8. The minimum absolute atomic E-state index is 0.370. The number of halogens is 1. The van der Waals surface area contributed by atoms with Crippen LogP contribution in [0.15, 0.2) is 30.3 Å². The molecule has 0 spiro atoms. The summed E-state index contributed by atoms with van der Waals surface area (Å²) < 4.78 is 17.1. The Kier molecular flexibility index (Phi) is 6.76. The normalized spacial score (nSPS) is 10.5. The molecule has 0 saturated carbocycles. The second-order valence-corrected chi connectivity index (χ2v) is 5.97. The summed E-state index contributed by atoms with van der Waals surface area (Å²) in [7, 11) is 0. The van der Waals surface area contributed by atoms with Crippen LogP contribution in [0.3, 0.4) is 0 Å². The molecular formula is C19H24ClNO3. The maximum Gasteiger partial charge on any atom is 0.179 e. The van der Waals surface area contributed by atoms with Crippen LogP contribution < -0.4 is 19.9 Å². The van der Waals surface area contributed by atoms with E-state index in [1.807, 2.05) is 39.0 Å². The Bertz CT molecular complexity index is 668. The van der Waals surface area contributed by atoms with E-state index in [0.29, 0.717) is 42.9 Å². The van der Waals surface area contributed by atoms with Gasteiger partial charge in [-0.05, 0) is 61.7 Å². The lowest BCUT2D eigenvalue weighted by Gasteiger charge is -2.15. The van der Waals surface area contributed by atoms with Crippen LogP contribution in [-0.2, 0) is 6.54 Å². The lowest BCUT2D eigenvalue weighted by atomic mass is 10.1. The molecule has 0 aromatic heterocycles. The molecular weight excluding hydrogens is 326 g/mol. The lowest BCUT2D eigenvalue weighted by Crippen LogP contribution is -2.11. The summed E-state index contributed by atoms with van der Waals surface area (Å²) in [5.41, 5.74) is 8.92. The fourth-order valence-corrected chi connectivity index (χ4v) is 2.75. The van der Waals surface area contributed by atoms with Crippen LogP contribution in [-0.4, -0.2) is 19.8 Å². The first-order valence-corrected chi connectivity index (χ1v) is 8.40. The summed E-state index contributed by atoms with van der Waals surface area (Å²) in [4.78, 5) is 0. The van der Waals surface area contributed by atoms with Crippen LogP contribution >= 0.6 is 11.6 Å². The fourth-order valence-electron chi connectivity index (χ4n) is 2.46. The zero-order valence-corrected chi connectivity index (χ0v) is 15.2. The number of aryl methyl sites for hydroxylation is 2. The van der Waals surface area contributed by atoms with E-state index in [4.69, 9.17) is 31.5 Å². The van der Waals surface area contributed by atoms with Crippen LogP contribution in [0.1, 0.15) is 23.6 Å². The van der Waals surface area contributed by atoms with E-state index >= 15 is 0 Å². The Labute approximate surface area is 148 Å². The molecule has 2 N–H and O–H groups in total. The SMILES string of the molecule is CCOc1cc(CN)cc(Cl)c1OCCOc1cc(C)cc(C)c1. The van der Waals surface area contributed by atoms with E-state index in [0.717, 1.165) is 11.3 Å².